The highest BCUT2D eigenvalue weighted by molar-refractivity contribution is 7.08. The van der Waals surface area contributed by atoms with Crippen LogP contribution >= 0.6 is 11.5 Å². The van der Waals surface area contributed by atoms with Crippen molar-refractivity contribution in [2.75, 3.05) is 0 Å². The van der Waals surface area contributed by atoms with Gasteiger partial charge in [-0.05, 0) is 18.0 Å². The number of aromatic amines is 1. The Hall–Kier alpha value is -1.83. The lowest BCUT2D eigenvalue weighted by atomic mass is 10.2. The minimum absolute atomic E-state index is 0.167. The summed E-state index contributed by atoms with van der Waals surface area (Å²) in [6, 6.07) is 0. The average molecular weight is 252 g/mol. The number of hydrogen-bond donors (Lipinski definition) is 2. The van der Waals surface area contributed by atoms with Gasteiger partial charge >= 0.3 is 0 Å². The van der Waals surface area contributed by atoms with E-state index in [1.165, 1.54) is 6.33 Å². The fourth-order valence-corrected chi connectivity index (χ4v) is 1.97. The number of hydrogen-bond acceptors (Lipinski definition) is 6. The Balaban J connectivity index is 1.97. The highest BCUT2D eigenvalue weighted by Crippen LogP contribution is 2.12. The number of aromatic nitrogens is 5. The quantitative estimate of drug-likeness (QED) is 0.809. The Bertz CT molecular complexity index is 479. The van der Waals surface area contributed by atoms with Gasteiger partial charge in [0.15, 0.2) is 0 Å². The number of nitrogens with one attached hydrogen (secondary N) is 2. The highest BCUT2D eigenvalue weighted by atomic mass is 32.1. The van der Waals surface area contributed by atoms with Gasteiger partial charge in [0.2, 0.25) is 0 Å². The Labute approximate surface area is 102 Å². The summed E-state index contributed by atoms with van der Waals surface area (Å²) in [4.78, 5) is 16.3. The average Bonchev–Trinajstić information content (AvgIpc) is 2.97. The van der Waals surface area contributed by atoms with Crippen molar-refractivity contribution in [3.63, 3.8) is 0 Å². The largest absolute Gasteiger partial charge is 0.344 e. The van der Waals surface area contributed by atoms with Crippen LogP contribution in [0.3, 0.4) is 0 Å². The zero-order valence-electron chi connectivity index (χ0n) is 9.30. The second kappa shape index (κ2) is 5.48. The SMILES string of the molecule is CCCc1nnsc1C(=O)NCc1ncn[nH]1. The van der Waals surface area contributed by atoms with Crippen molar-refractivity contribution < 1.29 is 4.79 Å². The molecule has 7 nitrogen and oxygen atoms in total. The molecular weight excluding hydrogens is 240 g/mol. The molecule has 0 atom stereocenters. The number of aryl methyl sites for hydroxylation is 1. The lowest BCUT2D eigenvalue weighted by Gasteiger charge is -2.01. The number of amides is 1. The first-order valence-corrected chi connectivity index (χ1v) is 6.02. The molecule has 2 rings (SSSR count). The minimum atomic E-state index is -0.167. The molecule has 0 radical (unpaired) electrons. The predicted molar refractivity (Wildman–Crippen MR) is 61.5 cm³/mol. The van der Waals surface area contributed by atoms with E-state index in [2.05, 4.69) is 30.1 Å². The van der Waals surface area contributed by atoms with Crippen molar-refractivity contribution in [3.8, 4) is 0 Å². The molecule has 0 fully saturated rings. The first-order valence-electron chi connectivity index (χ1n) is 5.25. The molecule has 90 valence electrons. The van der Waals surface area contributed by atoms with Crippen molar-refractivity contribution in [2.45, 2.75) is 26.3 Å². The lowest BCUT2D eigenvalue weighted by molar-refractivity contribution is 0.0953. The third kappa shape index (κ3) is 2.84. The monoisotopic (exact) mass is 252 g/mol. The molecule has 0 unspecified atom stereocenters. The zero-order chi connectivity index (χ0) is 12.1. The van der Waals surface area contributed by atoms with E-state index in [4.69, 9.17) is 0 Å². The van der Waals surface area contributed by atoms with Crippen molar-refractivity contribution >= 4 is 17.4 Å². The Morgan fingerprint density at radius 1 is 1.59 bits per heavy atom. The summed E-state index contributed by atoms with van der Waals surface area (Å²) in [5.41, 5.74) is 0.757. The maximum Gasteiger partial charge on any atom is 0.265 e. The van der Waals surface area contributed by atoms with Crippen LogP contribution in [0.25, 0.3) is 0 Å². The molecule has 2 aromatic heterocycles. The van der Waals surface area contributed by atoms with Crippen LogP contribution in [0.1, 0.15) is 34.5 Å². The first-order chi connectivity index (χ1) is 8.31. The molecule has 0 saturated heterocycles. The molecule has 0 aliphatic rings. The van der Waals surface area contributed by atoms with E-state index in [-0.39, 0.29) is 5.91 Å². The fourth-order valence-electron chi connectivity index (χ4n) is 1.34. The van der Waals surface area contributed by atoms with Gasteiger partial charge < -0.3 is 5.32 Å². The molecule has 0 aromatic carbocycles. The number of carbonyl (C=O) groups excluding carboxylic acids is 1. The van der Waals surface area contributed by atoms with Gasteiger partial charge in [-0.15, -0.1) is 5.10 Å². The summed E-state index contributed by atoms with van der Waals surface area (Å²) in [7, 11) is 0. The third-order valence-corrected chi connectivity index (χ3v) is 2.90. The smallest absolute Gasteiger partial charge is 0.265 e. The maximum absolute atomic E-state index is 11.9. The zero-order valence-corrected chi connectivity index (χ0v) is 10.1. The van der Waals surface area contributed by atoms with Crippen LogP contribution in [-0.2, 0) is 13.0 Å². The second-order valence-electron chi connectivity index (χ2n) is 3.41. The molecule has 0 aliphatic carbocycles. The van der Waals surface area contributed by atoms with Gasteiger partial charge in [0.1, 0.15) is 17.0 Å². The number of nitrogens with zero attached hydrogens (tertiary/aromatic N) is 4. The van der Waals surface area contributed by atoms with E-state index in [9.17, 15) is 4.79 Å². The van der Waals surface area contributed by atoms with Crippen LogP contribution in [0.15, 0.2) is 6.33 Å². The maximum atomic E-state index is 11.9. The summed E-state index contributed by atoms with van der Waals surface area (Å²) in [6.07, 6.45) is 3.10. The Morgan fingerprint density at radius 2 is 2.47 bits per heavy atom. The van der Waals surface area contributed by atoms with E-state index in [0.717, 1.165) is 30.1 Å². The van der Waals surface area contributed by atoms with Crippen molar-refractivity contribution in [1.82, 2.24) is 30.1 Å². The van der Waals surface area contributed by atoms with Gasteiger partial charge in [0.05, 0.1) is 12.2 Å². The molecule has 2 aromatic rings. The first kappa shape index (κ1) is 11.6. The molecule has 2 N–H and O–H groups in total. The van der Waals surface area contributed by atoms with Gasteiger partial charge in [-0.25, -0.2) is 4.98 Å². The molecule has 0 spiro atoms. The molecule has 0 saturated carbocycles. The van der Waals surface area contributed by atoms with E-state index in [1.807, 2.05) is 6.92 Å². The molecule has 8 heteroatoms. The minimum Gasteiger partial charge on any atom is -0.344 e. The van der Waals surface area contributed by atoms with Gasteiger partial charge in [-0.1, -0.05) is 17.8 Å². The third-order valence-electron chi connectivity index (χ3n) is 2.13. The van der Waals surface area contributed by atoms with Gasteiger partial charge in [-0.3, -0.25) is 9.89 Å². The standard InChI is InChI=1S/C9H12N6OS/c1-2-3-6-8(17-15-13-6)9(16)10-4-7-11-5-12-14-7/h5H,2-4H2,1H3,(H,10,16)(H,11,12,14). The lowest BCUT2D eigenvalue weighted by Crippen LogP contribution is -2.23. The molecule has 1 amide bonds. The Kier molecular flexibility index (Phi) is 3.76. The van der Waals surface area contributed by atoms with E-state index in [0.29, 0.717) is 17.2 Å². The highest BCUT2D eigenvalue weighted by Gasteiger charge is 2.15. The van der Waals surface area contributed by atoms with Crippen LogP contribution in [0.2, 0.25) is 0 Å². The number of carbonyl (C=O) groups is 1. The van der Waals surface area contributed by atoms with Crippen LogP contribution in [0.4, 0.5) is 0 Å². The Morgan fingerprint density at radius 3 is 3.18 bits per heavy atom. The topological polar surface area (TPSA) is 96.5 Å². The van der Waals surface area contributed by atoms with Gasteiger partial charge in [0, 0.05) is 0 Å². The molecule has 0 aliphatic heterocycles. The predicted octanol–water partition coefficient (Wildman–Crippen LogP) is 0.539. The molecule has 2 heterocycles. The molecular formula is C9H12N6OS. The van der Waals surface area contributed by atoms with Crippen LogP contribution in [-0.4, -0.2) is 30.7 Å². The van der Waals surface area contributed by atoms with Crippen molar-refractivity contribution in [1.29, 1.82) is 0 Å². The summed E-state index contributed by atoms with van der Waals surface area (Å²) < 4.78 is 3.80. The van der Waals surface area contributed by atoms with Gasteiger partial charge in [0.25, 0.3) is 5.91 Å². The number of H-pyrrole nitrogens is 1. The van der Waals surface area contributed by atoms with E-state index in [1.54, 1.807) is 0 Å². The van der Waals surface area contributed by atoms with E-state index < -0.39 is 0 Å². The van der Waals surface area contributed by atoms with E-state index >= 15 is 0 Å². The molecule has 0 bridgehead atoms. The summed E-state index contributed by atoms with van der Waals surface area (Å²) in [5.74, 6) is 0.452. The van der Waals surface area contributed by atoms with Crippen LogP contribution < -0.4 is 5.32 Å². The normalized spacial score (nSPS) is 10.4. The summed E-state index contributed by atoms with van der Waals surface area (Å²) in [5, 5.41) is 13.1. The van der Waals surface area contributed by atoms with Crippen LogP contribution in [0.5, 0.6) is 0 Å². The second-order valence-corrected chi connectivity index (χ2v) is 4.17. The van der Waals surface area contributed by atoms with Gasteiger partial charge in [-0.2, -0.15) is 5.10 Å². The molecule has 17 heavy (non-hydrogen) atoms. The fraction of sp³-hybridized carbons (Fsp3) is 0.444. The summed E-state index contributed by atoms with van der Waals surface area (Å²) in [6.45, 7) is 2.36. The van der Waals surface area contributed by atoms with Crippen molar-refractivity contribution in [3.05, 3.63) is 22.7 Å². The summed E-state index contributed by atoms with van der Waals surface area (Å²) >= 11 is 1.12. The van der Waals surface area contributed by atoms with Crippen LogP contribution in [0, 0.1) is 0 Å². The number of rotatable bonds is 5. The van der Waals surface area contributed by atoms with Crippen molar-refractivity contribution in [2.24, 2.45) is 0 Å².